The van der Waals surface area contributed by atoms with E-state index in [-0.39, 0.29) is 5.91 Å². The number of nitrogens with one attached hydrogen (secondary N) is 1. The number of carbonyl (C=O) groups is 1. The molecule has 5 heteroatoms. The summed E-state index contributed by atoms with van der Waals surface area (Å²) in [4.78, 5) is 15.6. The summed E-state index contributed by atoms with van der Waals surface area (Å²) in [6.07, 6.45) is 3.00. The maximum absolute atomic E-state index is 11.2. The van der Waals surface area contributed by atoms with Gasteiger partial charge in [-0.3, -0.25) is 4.79 Å². The molecule has 76 valence electrons. The fourth-order valence-electron chi connectivity index (χ4n) is 1.18. The molecule has 1 aliphatic carbocycles. The average molecular weight is 275 g/mol. The van der Waals surface area contributed by atoms with E-state index in [9.17, 15) is 4.79 Å². The van der Waals surface area contributed by atoms with E-state index in [1.54, 1.807) is 0 Å². The first-order valence-electron chi connectivity index (χ1n) is 4.61. The van der Waals surface area contributed by atoms with Crippen LogP contribution in [0.3, 0.4) is 0 Å². The molecule has 1 aliphatic rings. The molecule has 3 nitrogen and oxygen atoms in total. The highest BCUT2D eigenvalue weighted by Crippen LogP contribution is 2.40. The van der Waals surface area contributed by atoms with Crippen LogP contribution in [0.15, 0.2) is 5.38 Å². The third-order valence-electron chi connectivity index (χ3n) is 2.09. The normalized spacial score (nSPS) is 15.5. The van der Waals surface area contributed by atoms with Crippen molar-refractivity contribution in [2.24, 2.45) is 0 Å². The Balaban J connectivity index is 1.92. The number of aromatic nitrogens is 1. The maximum atomic E-state index is 11.2. The zero-order chi connectivity index (χ0) is 9.97. The van der Waals surface area contributed by atoms with E-state index in [0.29, 0.717) is 17.7 Å². The first-order chi connectivity index (χ1) is 6.79. The molecule has 14 heavy (non-hydrogen) atoms. The van der Waals surface area contributed by atoms with Crippen LogP contribution in [-0.2, 0) is 4.79 Å². The molecule has 1 aromatic rings. The van der Waals surface area contributed by atoms with Crippen LogP contribution in [0.4, 0.5) is 5.13 Å². The standard InChI is InChI=1S/C9H11BrN2OS/c10-4-3-8(13)12-9-11-7(5-14-9)6-1-2-6/h5-6H,1-4H2,(H,11,12,13). The van der Waals surface area contributed by atoms with Gasteiger partial charge in [0.05, 0.1) is 5.69 Å². The van der Waals surface area contributed by atoms with Gasteiger partial charge in [0.15, 0.2) is 5.13 Å². The number of hydrogen-bond donors (Lipinski definition) is 1. The number of anilines is 1. The quantitative estimate of drug-likeness (QED) is 0.858. The van der Waals surface area contributed by atoms with Gasteiger partial charge in [0.1, 0.15) is 0 Å². The predicted molar refractivity (Wildman–Crippen MR) is 61.1 cm³/mol. The summed E-state index contributed by atoms with van der Waals surface area (Å²) in [5, 5.41) is 6.26. The third-order valence-corrected chi connectivity index (χ3v) is 3.26. The molecule has 1 aromatic heterocycles. The first kappa shape index (κ1) is 10.1. The number of carbonyl (C=O) groups excluding carboxylic acids is 1. The van der Waals surface area contributed by atoms with Crippen LogP contribution in [0.5, 0.6) is 0 Å². The molecule has 0 aliphatic heterocycles. The monoisotopic (exact) mass is 274 g/mol. The van der Waals surface area contributed by atoms with Crippen LogP contribution >= 0.6 is 27.3 Å². The van der Waals surface area contributed by atoms with E-state index in [1.165, 1.54) is 24.2 Å². The second-order valence-corrected chi connectivity index (χ2v) is 4.99. The lowest BCUT2D eigenvalue weighted by Gasteiger charge is -1.97. The number of nitrogens with zero attached hydrogens (tertiary/aromatic N) is 1. The minimum absolute atomic E-state index is 0.0265. The molecule has 1 fully saturated rings. The van der Waals surface area contributed by atoms with E-state index in [1.807, 2.05) is 5.38 Å². The Morgan fingerprint density at radius 1 is 1.71 bits per heavy atom. The van der Waals surface area contributed by atoms with Crippen molar-refractivity contribution in [1.82, 2.24) is 4.98 Å². The number of thiazole rings is 1. The fraction of sp³-hybridized carbons (Fsp3) is 0.556. The van der Waals surface area contributed by atoms with Gasteiger partial charge in [0, 0.05) is 23.0 Å². The largest absolute Gasteiger partial charge is 0.302 e. The van der Waals surface area contributed by atoms with Crippen molar-refractivity contribution in [3.63, 3.8) is 0 Å². The lowest BCUT2D eigenvalue weighted by atomic mass is 10.3. The van der Waals surface area contributed by atoms with E-state index < -0.39 is 0 Å². The minimum atomic E-state index is 0.0265. The van der Waals surface area contributed by atoms with E-state index in [2.05, 4.69) is 26.2 Å². The lowest BCUT2D eigenvalue weighted by Crippen LogP contribution is -2.11. The van der Waals surface area contributed by atoms with Crippen LogP contribution in [0, 0.1) is 0 Å². The van der Waals surface area contributed by atoms with Gasteiger partial charge in [-0.15, -0.1) is 11.3 Å². The Kier molecular flexibility index (Phi) is 3.18. The number of halogens is 1. The Labute approximate surface area is 95.1 Å². The minimum Gasteiger partial charge on any atom is -0.302 e. The maximum Gasteiger partial charge on any atom is 0.226 e. The molecular formula is C9H11BrN2OS. The molecule has 0 radical (unpaired) electrons. The summed E-state index contributed by atoms with van der Waals surface area (Å²) in [6.45, 7) is 0. The van der Waals surface area contributed by atoms with Gasteiger partial charge in [-0.2, -0.15) is 0 Å². The molecule has 2 rings (SSSR count). The lowest BCUT2D eigenvalue weighted by molar-refractivity contribution is -0.115. The molecule has 1 amide bonds. The van der Waals surface area contributed by atoms with Crippen molar-refractivity contribution in [3.05, 3.63) is 11.1 Å². The SMILES string of the molecule is O=C(CCBr)Nc1nc(C2CC2)cs1. The van der Waals surface area contributed by atoms with Crippen molar-refractivity contribution in [2.45, 2.75) is 25.2 Å². The van der Waals surface area contributed by atoms with E-state index in [4.69, 9.17) is 0 Å². The van der Waals surface area contributed by atoms with Crippen LogP contribution in [0.2, 0.25) is 0 Å². The van der Waals surface area contributed by atoms with Crippen molar-refractivity contribution in [1.29, 1.82) is 0 Å². The third kappa shape index (κ3) is 2.54. The van der Waals surface area contributed by atoms with Crippen LogP contribution in [-0.4, -0.2) is 16.2 Å². The van der Waals surface area contributed by atoms with Gasteiger partial charge in [-0.1, -0.05) is 15.9 Å². The molecular weight excluding hydrogens is 264 g/mol. The Hall–Kier alpha value is -0.420. The molecule has 0 bridgehead atoms. The molecule has 0 spiro atoms. The van der Waals surface area contributed by atoms with Crippen LogP contribution in [0.25, 0.3) is 0 Å². The highest BCUT2D eigenvalue weighted by Gasteiger charge is 2.26. The molecule has 0 unspecified atom stereocenters. The average Bonchev–Trinajstić information content (AvgIpc) is 2.89. The van der Waals surface area contributed by atoms with Gasteiger partial charge in [0.2, 0.25) is 5.91 Å². The molecule has 1 heterocycles. The smallest absolute Gasteiger partial charge is 0.226 e. The van der Waals surface area contributed by atoms with Crippen molar-refractivity contribution >= 4 is 38.3 Å². The van der Waals surface area contributed by atoms with Gasteiger partial charge in [-0.05, 0) is 12.8 Å². The van der Waals surface area contributed by atoms with Gasteiger partial charge >= 0.3 is 0 Å². The van der Waals surface area contributed by atoms with Crippen molar-refractivity contribution in [2.75, 3.05) is 10.6 Å². The summed E-state index contributed by atoms with van der Waals surface area (Å²) >= 11 is 4.74. The highest BCUT2D eigenvalue weighted by molar-refractivity contribution is 9.09. The number of amides is 1. The molecule has 1 N–H and O–H groups in total. The van der Waals surface area contributed by atoms with Crippen LogP contribution < -0.4 is 5.32 Å². The molecule has 1 saturated carbocycles. The summed E-state index contributed by atoms with van der Waals surface area (Å²) in [6, 6.07) is 0. The first-order valence-corrected chi connectivity index (χ1v) is 6.61. The molecule has 0 saturated heterocycles. The number of hydrogen-bond acceptors (Lipinski definition) is 3. The second kappa shape index (κ2) is 4.40. The van der Waals surface area contributed by atoms with Gasteiger partial charge < -0.3 is 5.32 Å². The summed E-state index contributed by atoms with van der Waals surface area (Å²) in [7, 11) is 0. The van der Waals surface area contributed by atoms with Crippen molar-refractivity contribution < 1.29 is 4.79 Å². The van der Waals surface area contributed by atoms with Crippen LogP contribution in [0.1, 0.15) is 30.9 Å². The highest BCUT2D eigenvalue weighted by atomic mass is 79.9. The topological polar surface area (TPSA) is 42.0 Å². The molecule has 0 atom stereocenters. The van der Waals surface area contributed by atoms with E-state index in [0.717, 1.165) is 10.8 Å². The van der Waals surface area contributed by atoms with Crippen molar-refractivity contribution in [3.8, 4) is 0 Å². The van der Waals surface area contributed by atoms with Gasteiger partial charge in [-0.25, -0.2) is 4.98 Å². The van der Waals surface area contributed by atoms with E-state index >= 15 is 0 Å². The summed E-state index contributed by atoms with van der Waals surface area (Å²) in [5.41, 5.74) is 1.14. The fourth-order valence-corrected chi connectivity index (χ4v) is 2.35. The van der Waals surface area contributed by atoms with Gasteiger partial charge in [0.25, 0.3) is 0 Å². The Bertz CT molecular complexity index is 335. The second-order valence-electron chi connectivity index (χ2n) is 3.34. The molecule has 0 aromatic carbocycles. The zero-order valence-electron chi connectivity index (χ0n) is 7.62. The number of rotatable bonds is 4. The predicted octanol–water partition coefficient (Wildman–Crippen LogP) is 2.74. The number of alkyl halides is 1. The zero-order valence-corrected chi connectivity index (χ0v) is 10.0. The Morgan fingerprint density at radius 2 is 2.50 bits per heavy atom. The Morgan fingerprint density at radius 3 is 3.14 bits per heavy atom. The summed E-state index contributed by atoms with van der Waals surface area (Å²) in [5.74, 6) is 0.687. The summed E-state index contributed by atoms with van der Waals surface area (Å²) < 4.78 is 0.